The van der Waals surface area contributed by atoms with E-state index in [1.807, 2.05) is 25.1 Å². The number of fused-ring (bicyclic) bond motifs is 1. The van der Waals surface area contributed by atoms with Crippen molar-refractivity contribution < 1.29 is 13.2 Å². The first-order chi connectivity index (χ1) is 12.4. The van der Waals surface area contributed by atoms with Crippen molar-refractivity contribution in [3.8, 4) is 0 Å². The zero-order valence-corrected chi connectivity index (χ0v) is 15.4. The van der Waals surface area contributed by atoms with E-state index < -0.39 is 15.1 Å². The minimum Gasteiger partial charge on any atom is -0.335 e. The molecule has 1 aliphatic heterocycles. The van der Waals surface area contributed by atoms with Gasteiger partial charge >= 0.3 is 0 Å². The predicted octanol–water partition coefficient (Wildman–Crippen LogP) is 2.25. The molecule has 0 radical (unpaired) electrons. The first-order valence-corrected chi connectivity index (χ1v) is 9.96. The summed E-state index contributed by atoms with van der Waals surface area (Å²) in [5.74, 6) is -0.184. The SMILES string of the molecule is Cc1ccc(S(=O)(=O)C2CN(C(=O)c3c(C)nc4ccccn34)C2)cc1. The number of carbonyl (C=O) groups excluding carboxylic acids is 1. The quantitative estimate of drug-likeness (QED) is 0.710. The topological polar surface area (TPSA) is 71.8 Å². The normalized spacial score (nSPS) is 15.2. The van der Waals surface area contributed by atoms with Crippen LogP contribution in [0.2, 0.25) is 0 Å². The molecule has 7 heteroatoms. The van der Waals surface area contributed by atoms with Crippen molar-refractivity contribution in [3.05, 3.63) is 65.6 Å². The molecule has 1 aromatic carbocycles. The number of sulfone groups is 1. The number of hydrogen-bond acceptors (Lipinski definition) is 4. The standard InChI is InChI=1S/C19H19N3O3S/c1-13-6-8-15(9-7-13)26(24,25)16-11-21(12-16)19(23)18-14(2)20-17-5-3-4-10-22(17)18/h3-10,16H,11-12H2,1-2H3. The summed E-state index contributed by atoms with van der Waals surface area (Å²) in [6, 6.07) is 12.4. The minimum absolute atomic E-state index is 0.184. The Labute approximate surface area is 152 Å². The molecule has 134 valence electrons. The number of rotatable bonds is 3. The van der Waals surface area contributed by atoms with Crippen LogP contribution in [-0.4, -0.2) is 46.9 Å². The molecule has 0 N–H and O–H groups in total. The number of benzene rings is 1. The summed E-state index contributed by atoms with van der Waals surface area (Å²) < 4.78 is 27.2. The highest BCUT2D eigenvalue weighted by atomic mass is 32.2. The summed E-state index contributed by atoms with van der Waals surface area (Å²) >= 11 is 0. The van der Waals surface area contributed by atoms with Gasteiger partial charge in [0.05, 0.1) is 10.6 Å². The highest BCUT2D eigenvalue weighted by Gasteiger charge is 2.41. The van der Waals surface area contributed by atoms with Crippen LogP contribution >= 0.6 is 0 Å². The van der Waals surface area contributed by atoms with E-state index in [0.717, 1.165) is 5.56 Å². The van der Waals surface area contributed by atoms with Crippen molar-refractivity contribution in [1.82, 2.24) is 14.3 Å². The Bertz CT molecular complexity index is 1090. The summed E-state index contributed by atoms with van der Waals surface area (Å²) in [5.41, 5.74) is 2.85. The third kappa shape index (κ3) is 2.59. The number of aryl methyl sites for hydroxylation is 2. The zero-order chi connectivity index (χ0) is 18.5. The number of hydrogen-bond donors (Lipinski definition) is 0. The fraction of sp³-hybridized carbons (Fsp3) is 0.263. The number of imidazole rings is 1. The zero-order valence-electron chi connectivity index (χ0n) is 14.6. The van der Waals surface area contributed by atoms with Gasteiger partial charge in [0.2, 0.25) is 0 Å². The average Bonchev–Trinajstić information content (AvgIpc) is 2.89. The molecule has 0 atom stereocenters. The van der Waals surface area contributed by atoms with E-state index in [-0.39, 0.29) is 19.0 Å². The number of nitrogens with zero attached hydrogens (tertiary/aromatic N) is 3. The van der Waals surface area contributed by atoms with Crippen LogP contribution in [-0.2, 0) is 9.84 Å². The lowest BCUT2D eigenvalue weighted by Gasteiger charge is -2.38. The van der Waals surface area contributed by atoms with Crippen LogP contribution < -0.4 is 0 Å². The summed E-state index contributed by atoms with van der Waals surface area (Å²) in [4.78, 5) is 19.1. The van der Waals surface area contributed by atoms with Crippen LogP contribution in [0.15, 0.2) is 53.6 Å². The fourth-order valence-corrected chi connectivity index (χ4v) is 4.89. The summed E-state index contributed by atoms with van der Waals surface area (Å²) in [6.07, 6.45) is 1.79. The summed E-state index contributed by atoms with van der Waals surface area (Å²) in [7, 11) is -3.42. The van der Waals surface area contributed by atoms with Gasteiger partial charge in [-0.05, 0) is 38.1 Å². The van der Waals surface area contributed by atoms with E-state index in [0.29, 0.717) is 21.9 Å². The monoisotopic (exact) mass is 369 g/mol. The molecule has 1 saturated heterocycles. The van der Waals surface area contributed by atoms with Gasteiger partial charge in [-0.1, -0.05) is 23.8 Å². The van der Waals surface area contributed by atoms with E-state index in [9.17, 15) is 13.2 Å². The second kappa shape index (κ2) is 5.95. The molecule has 0 aliphatic carbocycles. The number of pyridine rings is 1. The molecule has 26 heavy (non-hydrogen) atoms. The Morgan fingerprint density at radius 2 is 1.77 bits per heavy atom. The third-order valence-electron chi connectivity index (χ3n) is 4.83. The first kappa shape index (κ1) is 16.8. The number of amides is 1. The Morgan fingerprint density at radius 1 is 1.08 bits per heavy atom. The molecule has 4 rings (SSSR count). The van der Waals surface area contributed by atoms with Crippen LogP contribution in [0, 0.1) is 13.8 Å². The van der Waals surface area contributed by atoms with Crippen molar-refractivity contribution >= 4 is 21.4 Å². The largest absolute Gasteiger partial charge is 0.335 e. The van der Waals surface area contributed by atoms with E-state index >= 15 is 0 Å². The van der Waals surface area contributed by atoms with Crippen molar-refractivity contribution in [2.45, 2.75) is 24.0 Å². The molecule has 2 aromatic heterocycles. The molecule has 3 aromatic rings. The molecule has 3 heterocycles. The van der Waals surface area contributed by atoms with Crippen LogP contribution in [0.1, 0.15) is 21.7 Å². The molecular formula is C19H19N3O3S. The maximum atomic E-state index is 12.8. The lowest BCUT2D eigenvalue weighted by atomic mass is 10.2. The van der Waals surface area contributed by atoms with Gasteiger partial charge in [-0.15, -0.1) is 0 Å². The smallest absolute Gasteiger partial charge is 0.272 e. The number of carbonyl (C=O) groups is 1. The average molecular weight is 369 g/mol. The van der Waals surface area contributed by atoms with Gasteiger partial charge in [-0.3, -0.25) is 9.20 Å². The van der Waals surface area contributed by atoms with Crippen LogP contribution in [0.3, 0.4) is 0 Å². The Morgan fingerprint density at radius 3 is 2.46 bits per heavy atom. The van der Waals surface area contributed by atoms with Crippen LogP contribution in [0.4, 0.5) is 0 Å². The second-order valence-electron chi connectivity index (χ2n) is 6.66. The molecule has 0 bridgehead atoms. The Hall–Kier alpha value is -2.67. The number of likely N-dealkylation sites (tertiary alicyclic amines) is 1. The van der Waals surface area contributed by atoms with E-state index in [2.05, 4.69) is 4.98 Å². The number of aromatic nitrogens is 2. The lowest BCUT2D eigenvalue weighted by molar-refractivity contribution is 0.0651. The Balaban J connectivity index is 1.55. The van der Waals surface area contributed by atoms with Gasteiger partial charge in [-0.2, -0.15) is 0 Å². The van der Waals surface area contributed by atoms with Crippen molar-refractivity contribution in [3.63, 3.8) is 0 Å². The second-order valence-corrected chi connectivity index (χ2v) is 8.89. The summed E-state index contributed by atoms with van der Waals surface area (Å²) in [5, 5.41) is -0.561. The molecular weight excluding hydrogens is 350 g/mol. The maximum Gasteiger partial charge on any atom is 0.272 e. The fourth-order valence-electron chi connectivity index (χ4n) is 3.24. The molecule has 1 aliphatic rings. The highest BCUT2D eigenvalue weighted by Crippen LogP contribution is 2.26. The van der Waals surface area contributed by atoms with E-state index in [1.165, 1.54) is 0 Å². The van der Waals surface area contributed by atoms with Gasteiger partial charge in [0.25, 0.3) is 5.91 Å². The minimum atomic E-state index is -3.42. The maximum absolute atomic E-state index is 12.8. The third-order valence-corrected chi connectivity index (χ3v) is 6.94. The predicted molar refractivity (Wildman–Crippen MR) is 98.0 cm³/mol. The molecule has 0 spiro atoms. The van der Waals surface area contributed by atoms with Crippen LogP contribution in [0.5, 0.6) is 0 Å². The molecule has 1 amide bonds. The molecule has 1 fully saturated rings. The van der Waals surface area contributed by atoms with Gasteiger partial charge < -0.3 is 4.90 Å². The highest BCUT2D eigenvalue weighted by molar-refractivity contribution is 7.92. The van der Waals surface area contributed by atoms with E-state index in [4.69, 9.17) is 0 Å². The van der Waals surface area contributed by atoms with Crippen LogP contribution in [0.25, 0.3) is 5.65 Å². The van der Waals surface area contributed by atoms with Crippen molar-refractivity contribution in [2.75, 3.05) is 13.1 Å². The van der Waals surface area contributed by atoms with Gasteiger partial charge in [0, 0.05) is 19.3 Å². The first-order valence-electron chi connectivity index (χ1n) is 8.41. The molecule has 6 nitrogen and oxygen atoms in total. The van der Waals surface area contributed by atoms with Gasteiger partial charge in [-0.25, -0.2) is 13.4 Å². The lowest BCUT2D eigenvalue weighted by Crippen LogP contribution is -2.57. The molecule has 0 saturated carbocycles. The van der Waals surface area contributed by atoms with Crippen molar-refractivity contribution in [1.29, 1.82) is 0 Å². The summed E-state index contributed by atoms with van der Waals surface area (Å²) in [6.45, 7) is 4.11. The molecule has 0 unspecified atom stereocenters. The van der Waals surface area contributed by atoms with E-state index in [1.54, 1.807) is 46.7 Å². The van der Waals surface area contributed by atoms with Gasteiger partial charge in [0.1, 0.15) is 16.6 Å². The van der Waals surface area contributed by atoms with Gasteiger partial charge in [0.15, 0.2) is 9.84 Å². The Kier molecular flexibility index (Phi) is 3.84. The van der Waals surface area contributed by atoms with Crippen molar-refractivity contribution in [2.24, 2.45) is 0 Å².